The minimum absolute atomic E-state index is 0.0333. The Hall–Kier alpha value is -1.30. The second-order valence-corrected chi connectivity index (χ2v) is 6.05. The number of aliphatic carboxylic acids is 1. The predicted octanol–water partition coefficient (Wildman–Crippen LogP) is 1.07. The Morgan fingerprint density at radius 3 is 2.35 bits per heavy atom. The Labute approximate surface area is 120 Å². The Bertz CT molecular complexity index is 365. The van der Waals surface area contributed by atoms with Gasteiger partial charge in [0.25, 0.3) is 0 Å². The summed E-state index contributed by atoms with van der Waals surface area (Å²) in [4.78, 5) is 29.2. The first-order valence-electron chi connectivity index (χ1n) is 7.43. The van der Waals surface area contributed by atoms with Gasteiger partial charge >= 0.3 is 12.0 Å². The summed E-state index contributed by atoms with van der Waals surface area (Å²) < 4.78 is 0. The molecule has 0 aliphatic carbocycles. The molecule has 1 atom stereocenters. The molecular weight excluding hydrogens is 258 g/mol. The zero-order valence-corrected chi connectivity index (χ0v) is 12.4. The lowest BCUT2D eigenvalue weighted by Crippen LogP contribution is -2.51. The van der Waals surface area contributed by atoms with Crippen LogP contribution in [0.15, 0.2) is 0 Å². The predicted molar refractivity (Wildman–Crippen MR) is 75.7 cm³/mol. The van der Waals surface area contributed by atoms with E-state index in [9.17, 15) is 9.59 Å². The maximum atomic E-state index is 12.5. The first kappa shape index (κ1) is 15.1. The Kier molecular flexibility index (Phi) is 4.86. The Balaban J connectivity index is 1.89. The number of hydrogen-bond acceptors (Lipinski definition) is 3. The number of piperidine rings is 1. The average Bonchev–Trinajstić information content (AvgIpc) is 2.85. The van der Waals surface area contributed by atoms with Crippen LogP contribution < -0.4 is 0 Å². The molecule has 0 aromatic rings. The van der Waals surface area contributed by atoms with Gasteiger partial charge in [0.15, 0.2) is 0 Å². The van der Waals surface area contributed by atoms with Crippen molar-refractivity contribution in [2.24, 2.45) is 0 Å². The van der Waals surface area contributed by atoms with Gasteiger partial charge in [0, 0.05) is 31.7 Å². The number of rotatable bonds is 3. The van der Waals surface area contributed by atoms with Gasteiger partial charge in [0.1, 0.15) is 0 Å². The summed E-state index contributed by atoms with van der Waals surface area (Å²) in [6, 6.07) is 0.463. The number of likely N-dealkylation sites (tertiary alicyclic amines) is 2. The molecule has 0 aromatic heterocycles. The fourth-order valence-corrected chi connectivity index (χ4v) is 3.26. The zero-order chi connectivity index (χ0) is 14.7. The molecule has 2 heterocycles. The SMILES string of the molecule is CN(C)C1CCN(C(=O)N2CCCC2CC(=O)O)CC1. The third-order valence-electron chi connectivity index (χ3n) is 4.50. The molecule has 1 N–H and O–H groups in total. The van der Waals surface area contributed by atoms with Crippen LogP contribution in [-0.4, -0.2) is 77.6 Å². The number of hydrogen-bond donors (Lipinski definition) is 1. The van der Waals surface area contributed by atoms with Gasteiger partial charge in [-0.3, -0.25) is 4.79 Å². The number of carbonyl (C=O) groups is 2. The zero-order valence-electron chi connectivity index (χ0n) is 12.4. The van der Waals surface area contributed by atoms with Crippen molar-refractivity contribution in [1.82, 2.24) is 14.7 Å². The molecule has 0 saturated carbocycles. The second-order valence-electron chi connectivity index (χ2n) is 6.05. The fourth-order valence-electron chi connectivity index (χ4n) is 3.26. The molecule has 1 unspecified atom stereocenters. The summed E-state index contributed by atoms with van der Waals surface area (Å²) in [6.45, 7) is 2.25. The molecule has 20 heavy (non-hydrogen) atoms. The lowest BCUT2D eigenvalue weighted by atomic mass is 10.0. The maximum absolute atomic E-state index is 12.5. The van der Waals surface area contributed by atoms with Crippen LogP contribution in [-0.2, 0) is 4.79 Å². The molecule has 0 bridgehead atoms. The van der Waals surface area contributed by atoms with Crippen molar-refractivity contribution in [3.63, 3.8) is 0 Å². The molecule has 2 aliphatic heterocycles. The fraction of sp³-hybridized carbons (Fsp3) is 0.857. The van der Waals surface area contributed by atoms with Crippen molar-refractivity contribution in [1.29, 1.82) is 0 Å². The smallest absolute Gasteiger partial charge is 0.320 e. The lowest BCUT2D eigenvalue weighted by Gasteiger charge is -2.38. The van der Waals surface area contributed by atoms with Gasteiger partial charge in [-0.1, -0.05) is 0 Å². The van der Waals surface area contributed by atoms with Gasteiger partial charge in [-0.25, -0.2) is 4.79 Å². The van der Waals surface area contributed by atoms with Crippen LogP contribution in [0.3, 0.4) is 0 Å². The quantitative estimate of drug-likeness (QED) is 0.841. The number of carboxylic acid groups (broad SMARTS) is 1. The van der Waals surface area contributed by atoms with Crippen LogP contribution in [0, 0.1) is 0 Å². The molecule has 0 radical (unpaired) electrons. The summed E-state index contributed by atoms with van der Waals surface area (Å²) in [5.74, 6) is -0.819. The van der Waals surface area contributed by atoms with Crippen LogP contribution in [0.4, 0.5) is 4.79 Å². The molecule has 0 aromatic carbocycles. The monoisotopic (exact) mass is 283 g/mol. The molecule has 2 saturated heterocycles. The molecule has 2 aliphatic rings. The molecule has 2 fully saturated rings. The van der Waals surface area contributed by atoms with Gasteiger partial charge in [-0.05, 0) is 39.8 Å². The summed E-state index contributed by atoms with van der Waals surface area (Å²) >= 11 is 0. The molecule has 0 spiro atoms. The van der Waals surface area contributed by atoms with E-state index in [0.29, 0.717) is 12.6 Å². The molecular formula is C14H25N3O3. The number of carboxylic acids is 1. The van der Waals surface area contributed by atoms with E-state index in [1.54, 1.807) is 4.90 Å². The van der Waals surface area contributed by atoms with Crippen molar-refractivity contribution < 1.29 is 14.7 Å². The number of urea groups is 1. The highest BCUT2D eigenvalue weighted by Gasteiger charge is 2.34. The highest BCUT2D eigenvalue weighted by atomic mass is 16.4. The van der Waals surface area contributed by atoms with Gasteiger partial charge in [0.2, 0.25) is 0 Å². The van der Waals surface area contributed by atoms with Crippen molar-refractivity contribution in [2.75, 3.05) is 33.7 Å². The average molecular weight is 283 g/mol. The van der Waals surface area contributed by atoms with E-state index in [-0.39, 0.29) is 18.5 Å². The van der Waals surface area contributed by atoms with Crippen LogP contribution in [0.25, 0.3) is 0 Å². The maximum Gasteiger partial charge on any atom is 0.320 e. The minimum atomic E-state index is -0.819. The van der Waals surface area contributed by atoms with Crippen molar-refractivity contribution in [3.8, 4) is 0 Å². The third kappa shape index (κ3) is 3.42. The van der Waals surface area contributed by atoms with E-state index in [2.05, 4.69) is 19.0 Å². The van der Waals surface area contributed by atoms with Crippen LogP contribution in [0.2, 0.25) is 0 Å². The summed E-state index contributed by atoms with van der Waals surface area (Å²) in [5.41, 5.74) is 0. The first-order chi connectivity index (χ1) is 9.49. The van der Waals surface area contributed by atoms with Crippen LogP contribution in [0.1, 0.15) is 32.1 Å². The summed E-state index contributed by atoms with van der Waals surface area (Å²) in [6.07, 6.45) is 3.79. The van der Waals surface area contributed by atoms with Gasteiger partial charge < -0.3 is 19.8 Å². The third-order valence-corrected chi connectivity index (χ3v) is 4.50. The van der Waals surface area contributed by atoms with E-state index in [1.165, 1.54) is 0 Å². The molecule has 2 rings (SSSR count). The van der Waals surface area contributed by atoms with Gasteiger partial charge in [-0.2, -0.15) is 0 Å². The van der Waals surface area contributed by atoms with E-state index in [1.807, 2.05) is 4.90 Å². The van der Waals surface area contributed by atoms with Crippen molar-refractivity contribution in [2.45, 2.75) is 44.2 Å². The van der Waals surface area contributed by atoms with Crippen LogP contribution in [0.5, 0.6) is 0 Å². The minimum Gasteiger partial charge on any atom is -0.481 e. The van der Waals surface area contributed by atoms with Crippen molar-refractivity contribution >= 4 is 12.0 Å². The van der Waals surface area contributed by atoms with E-state index in [0.717, 1.165) is 38.8 Å². The largest absolute Gasteiger partial charge is 0.481 e. The topological polar surface area (TPSA) is 64.1 Å². The van der Waals surface area contributed by atoms with E-state index >= 15 is 0 Å². The van der Waals surface area contributed by atoms with Crippen LogP contribution >= 0.6 is 0 Å². The Morgan fingerprint density at radius 1 is 1.15 bits per heavy atom. The highest BCUT2D eigenvalue weighted by molar-refractivity contribution is 5.76. The summed E-state index contributed by atoms with van der Waals surface area (Å²) in [7, 11) is 4.15. The van der Waals surface area contributed by atoms with E-state index < -0.39 is 5.97 Å². The molecule has 6 nitrogen and oxygen atoms in total. The molecule has 6 heteroatoms. The second kappa shape index (κ2) is 6.43. The molecule has 2 amide bonds. The summed E-state index contributed by atoms with van der Waals surface area (Å²) in [5, 5.41) is 8.92. The van der Waals surface area contributed by atoms with Gasteiger partial charge in [0.05, 0.1) is 6.42 Å². The highest BCUT2D eigenvalue weighted by Crippen LogP contribution is 2.23. The number of amides is 2. The Morgan fingerprint density at radius 2 is 1.80 bits per heavy atom. The number of nitrogens with zero attached hydrogens (tertiary/aromatic N) is 3. The standard InChI is InChI=1S/C14H25N3O3/c1-15(2)11-5-8-16(9-6-11)14(20)17-7-3-4-12(17)10-13(18)19/h11-12H,3-10H2,1-2H3,(H,18,19). The number of carbonyl (C=O) groups excluding carboxylic acids is 1. The van der Waals surface area contributed by atoms with Gasteiger partial charge in [-0.15, -0.1) is 0 Å². The normalized spacial score (nSPS) is 24.4. The molecule has 114 valence electrons. The van der Waals surface area contributed by atoms with E-state index in [4.69, 9.17) is 5.11 Å². The first-order valence-corrected chi connectivity index (χ1v) is 7.43. The lowest BCUT2D eigenvalue weighted by molar-refractivity contribution is -0.138. The van der Waals surface area contributed by atoms with Crippen molar-refractivity contribution in [3.05, 3.63) is 0 Å².